The molecule has 5 rings (SSSR count). The lowest BCUT2D eigenvalue weighted by Gasteiger charge is -2.30. The molecular weight excluding hydrogens is 452 g/mol. The van der Waals surface area contributed by atoms with E-state index in [9.17, 15) is 19.5 Å². The minimum absolute atomic E-state index is 0.0757. The van der Waals surface area contributed by atoms with Crippen molar-refractivity contribution in [2.45, 2.75) is 43.1 Å². The Bertz CT molecular complexity index is 1090. The van der Waals surface area contributed by atoms with Gasteiger partial charge in [0.25, 0.3) is 5.91 Å². The van der Waals surface area contributed by atoms with E-state index in [-0.39, 0.29) is 37.6 Å². The van der Waals surface area contributed by atoms with E-state index in [0.29, 0.717) is 13.0 Å². The van der Waals surface area contributed by atoms with Crippen LogP contribution >= 0.6 is 0 Å². The van der Waals surface area contributed by atoms with Crippen LogP contribution in [-0.4, -0.2) is 79.1 Å². The molecule has 35 heavy (non-hydrogen) atoms. The zero-order valence-corrected chi connectivity index (χ0v) is 19.4. The summed E-state index contributed by atoms with van der Waals surface area (Å²) >= 11 is 0. The number of nitrogens with one attached hydrogen (secondary N) is 1. The van der Waals surface area contributed by atoms with Crippen molar-refractivity contribution in [3.63, 3.8) is 0 Å². The topological polar surface area (TPSA) is 114 Å². The smallest absolute Gasteiger partial charge is 0.407 e. The monoisotopic (exact) mass is 480 g/mol. The zero-order chi connectivity index (χ0) is 24.5. The number of carboxylic acid groups (broad SMARTS) is 1. The summed E-state index contributed by atoms with van der Waals surface area (Å²) in [6.07, 6.45) is -1.15. The van der Waals surface area contributed by atoms with E-state index in [4.69, 9.17) is 14.2 Å². The van der Waals surface area contributed by atoms with E-state index in [1.807, 2.05) is 36.4 Å². The Hall–Kier alpha value is -3.43. The first-order valence-electron chi connectivity index (χ1n) is 11.8. The van der Waals surface area contributed by atoms with Crippen LogP contribution in [0, 0.1) is 0 Å². The molecule has 0 saturated carbocycles. The molecule has 2 saturated heterocycles. The number of hydrogen-bond donors (Lipinski definition) is 2. The number of alkyl carbamates (subject to hydrolysis) is 1. The average molecular weight is 481 g/mol. The summed E-state index contributed by atoms with van der Waals surface area (Å²) in [5, 5.41) is 12.2. The third kappa shape index (κ3) is 4.26. The minimum atomic E-state index is -1.07. The highest BCUT2D eigenvalue weighted by atomic mass is 16.5. The van der Waals surface area contributed by atoms with Crippen LogP contribution < -0.4 is 5.32 Å². The molecule has 2 fully saturated rings. The van der Waals surface area contributed by atoms with Crippen molar-refractivity contribution >= 4 is 18.0 Å². The second-order valence-electron chi connectivity index (χ2n) is 9.03. The van der Waals surface area contributed by atoms with Gasteiger partial charge in [-0.3, -0.25) is 4.79 Å². The molecule has 2 aromatic rings. The SMILES string of the molecule is COC(CNC(=O)OCC1c2ccccc2-c2ccccc21)C(=O)N1C(C(=O)O)C[C@@H]2OCC[C@@H]21. The van der Waals surface area contributed by atoms with Crippen LogP contribution in [0.2, 0.25) is 0 Å². The van der Waals surface area contributed by atoms with Gasteiger partial charge in [-0.15, -0.1) is 0 Å². The summed E-state index contributed by atoms with van der Waals surface area (Å²) in [6.45, 7) is 0.508. The van der Waals surface area contributed by atoms with E-state index in [1.54, 1.807) is 0 Å². The molecule has 2 aliphatic heterocycles. The number of nitrogens with zero attached hydrogens (tertiary/aromatic N) is 1. The molecule has 4 atom stereocenters. The lowest BCUT2D eigenvalue weighted by atomic mass is 9.98. The molecule has 184 valence electrons. The molecule has 0 spiro atoms. The van der Waals surface area contributed by atoms with Crippen LogP contribution in [0.25, 0.3) is 11.1 Å². The summed E-state index contributed by atoms with van der Waals surface area (Å²) in [4.78, 5) is 38.8. The van der Waals surface area contributed by atoms with Gasteiger partial charge in [-0.05, 0) is 28.7 Å². The minimum Gasteiger partial charge on any atom is -0.480 e. The molecule has 0 radical (unpaired) electrons. The fourth-order valence-corrected chi connectivity index (χ4v) is 5.55. The Labute approximate surface area is 203 Å². The number of benzene rings is 2. The third-order valence-electron chi connectivity index (χ3n) is 7.20. The van der Waals surface area contributed by atoms with Gasteiger partial charge in [0.05, 0.1) is 18.7 Å². The van der Waals surface area contributed by atoms with Crippen LogP contribution in [0.4, 0.5) is 4.79 Å². The number of carbonyl (C=O) groups excluding carboxylic acids is 2. The molecule has 0 aromatic heterocycles. The highest BCUT2D eigenvalue weighted by Gasteiger charge is 2.51. The molecule has 9 nitrogen and oxygen atoms in total. The Kier molecular flexibility index (Phi) is 6.44. The van der Waals surface area contributed by atoms with Gasteiger partial charge in [0.15, 0.2) is 6.10 Å². The van der Waals surface area contributed by atoms with Gasteiger partial charge in [0.2, 0.25) is 0 Å². The second kappa shape index (κ2) is 9.67. The van der Waals surface area contributed by atoms with Crippen LogP contribution in [0.1, 0.15) is 29.9 Å². The summed E-state index contributed by atoms with van der Waals surface area (Å²) in [6, 6.07) is 14.8. The largest absolute Gasteiger partial charge is 0.480 e. The van der Waals surface area contributed by atoms with Crippen molar-refractivity contribution in [3.8, 4) is 11.1 Å². The molecule has 2 unspecified atom stereocenters. The Balaban J connectivity index is 1.20. The summed E-state index contributed by atoms with van der Waals surface area (Å²) in [5.74, 6) is -1.62. The maximum Gasteiger partial charge on any atom is 0.407 e. The van der Waals surface area contributed by atoms with Crippen molar-refractivity contribution in [1.82, 2.24) is 10.2 Å². The van der Waals surface area contributed by atoms with Gasteiger partial charge in [0, 0.05) is 26.1 Å². The molecule has 2 aromatic carbocycles. The lowest BCUT2D eigenvalue weighted by molar-refractivity contribution is -0.154. The van der Waals surface area contributed by atoms with Gasteiger partial charge in [-0.2, -0.15) is 0 Å². The Morgan fingerprint density at radius 1 is 1.11 bits per heavy atom. The first-order chi connectivity index (χ1) is 17.0. The number of rotatable bonds is 7. The molecule has 0 bridgehead atoms. The van der Waals surface area contributed by atoms with Crippen LogP contribution in [-0.2, 0) is 23.8 Å². The molecule has 2 heterocycles. The number of fused-ring (bicyclic) bond motifs is 4. The Morgan fingerprint density at radius 2 is 1.77 bits per heavy atom. The number of likely N-dealkylation sites (tertiary alicyclic amines) is 1. The maximum atomic E-state index is 13.2. The van der Waals surface area contributed by atoms with Crippen LogP contribution in [0.3, 0.4) is 0 Å². The third-order valence-corrected chi connectivity index (χ3v) is 7.20. The highest BCUT2D eigenvalue weighted by Crippen LogP contribution is 2.44. The normalized spacial score (nSPS) is 23.3. The van der Waals surface area contributed by atoms with Gasteiger partial charge < -0.3 is 29.5 Å². The quantitative estimate of drug-likeness (QED) is 0.625. The fourth-order valence-electron chi connectivity index (χ4n) is 5.55. The van der Waals surface area contributed by atoms with Crippen molar-refractivity contribution < 1.29 is 33.7 Å². The van der Waals surface area contributed by atoms with Crippen molar-refractivity contribution in [3.05, 3.63) is 59.7 Å². The molecular formula is C26H28N2O7. The van der Waals surface area contributed by atoms with Gasteiger partial charge >= 0.3 is 12.1 Å². The number of hydrogen-bond acceptors (Lipinski definition) is 6. The van der Waals surface area contributed by atoms with E-state index in [0.717, 1.165) is 22.3 Å². The number of carbonyl (C=O) groups is 3. The summed E-state index contributed by atoms with van der Waals surface area (Å²) in [5.41, 5.74) is 4.48. The van der Waals surface area contributed by atoms with Gasteiger partial charge in [-0.25, -0.2) is 9.59 Å². The van der Waals surface area contributed by atoms with E-state index in [1.165, 1.54) is 12.0 Å². The first kappa shape index (κ1) is 23.3. The number of carboxylic acids is 1. The van der Waals surface area contributed by atoms with Crippen molar-refractivity contribution in [2.24, 2.45) is 0 Å². The van der Waals surface area contributed by atoms with Crippen molar-refractivity contribution in [2.75, 3.05) is 26.9 Å². The Morgan fingerprint density at radius 3 is 2.40 bits per heavy atom. The van der Waals surface area contributed by atoms with Crippen molar-refractivity contribution in [1.29, 1.82) is 0 Å². The summed E-state index contributed by atoms with van der Waals surface area (Å²) in [7, 11) is 1.36. The second-order valence-corrected chi connectivity index (χ2v) is 9.03. The maximum absolute atomic E-state index is 13.2. The molecule has 1 aliphatic carbocycles. The average Bonchev–Trinajstić information content (AvgIpc) is 3.54. The predicted molar refractivity (Wildman–Crippen MR) is 125 cm³/mol. The molecule has 2 amide bonds. The van der Waals surface area contributed by atoms with Gasteiger partial charge in [-0.1, -0.05) is 48.5 Å². The van der Waals surface area contributed by atoms with Gasteiger partial charge in [0.1, 0.15) is 12.6 Å². The van der Waals surface area contributed by atoms with E-state index >= 15 is 0 Å². The molecule has 3 aliphatic rings. The number of aliphatic carboxylic acids is 1. The molecule has 2 N–H and O–H groups in total. The van der Waals surface area contributed by atoms with E-state index in [2.05, 4.69) is 17.4 Å². The van der Waals surface area contributed by atoms with Crippen LogP contribution in [0.15, 0.2) is 48.5 Å². The first-order valence-corrected chi connectivity index (χ1v) is 11.8. The molecule has 9 heteroatoms. The van der Waals surface area contributed by atoms with Crippen LogP contribution in [0.5, 0.6) is 0 Å². The number of ether oxygens (including phenoxy) is 3. The standard InChI is InChI=1S/C26H28N2O7/c1-33-23(24(29)28-20-10-11-34-22(20)12-21(28)25(30)31)13-27-26(32)35-14-19-17-8-4-2-6-15(17)16-7-3-5-9-18(16)19/h2-9,19-23H,10-14H2,1H3,(H,27,32)(H,30,31)/t20-,21?,22-,23?/m0/s1. The highest BCUT2D eigenvalue weighted by molar-refractivity contribution is 5.88. The lowest BCUT2D eigenvalue weighted by Crippen LogP contribution is -2.52. The summed E-state index contributed by atoms with van der Waals surface area (Å²) < 4.78 is 16.4. The zero-order valence-electron chi connectivity index (χ0n) is 19.4. The fraction of sp³-hybridized carbons (Fsp3) is 0.423. The predicted octanol–water partition coefficient (Wildman–Crippen LogP) is 2.38. The van der Waals surface area contributed by atoms with E-state index < -0.39 is 30.1 Å². The number of amides is 2. The number of methoxy groups -OCH3 is 1.